The van der Waals surface area contributed by atoms with E-state index < -0.39 is 10.1 Å². The second kappa shape index (κ2) is 22.6. The fraction of sp³-hybridized carbons (Fsp3) is 0.564. The van der Waals surface area contributed by atoms with Crippen molar-refractivity contribution in [2.24, 2.45) is 10.8 Å². The highest BCUT2D eigenvalue weighted by atomic mass is 35.5. The first-order valence-electron chi connectivity index (χ1n) is 25.0. The van der Waals surface area contributed by atoms with Crippen LogP contribution in [-0.4, -0.2) is 83.3 Å². The van der Waals surface area contributed by atoms with E-state index in [9.17, 15) is 18.0 Å². The molecule has 0 spiro atoms. The number of hydrogen-bond acceptors (Lipinski definition) is 12. The summed E-state index contributed by atoms with van der Waals surface area (Å²) in [5.74, 6) is -0.0152. The molecule has 0 bridgehead atoms. The maximum Gasteiger partial charge on any atom is 0.291 e. The summed E-state index contributed by atoms with van der Waals surface area (Å²) in [5.41, 5.74) is 7.37. The quantitative estimate of drug-likeness (QED) is 0.103. The number of nitriles is 2. The SMILES string of the molecule is CC1(C)CC=C(c2nc(C3CC(C)(C)OC(C)(C)C3)ccc2NC(=O)c2nc(C#N)c[nH]2)CC1.CC1(C)CC=C(c2nc(C3CC(C)(C)OC(C)(C)C3)ccc2NC(=O)c2nc(C#N)c[nH]2)CC1.CS(=O)(=O)O.Cl. The average Bonchev–Trinajstić information content (AvgIpc) is 3.96. The zero-order valence-electron chi connectivity index (χ0n) is 45.2. The number of anilines is 2. The number of amides is 2. The maximum atomic E-state index is 12.9. The van der Waals surface area contributed by atoms with E-state index in [4.69, 9.17) is 34.5 Å². The molecule has 2 aliphatic carbocycles. The van der Waals surface area contributed by atoms with Crippen LogP contribution in [0.15, 0.2) is 48.8 Å². The largest absolute Gasteiger partial charge is 0.370 e. The lowest BCUT2D eigenvalue weighted by Crippen LogP contribution is -2.44. The number of allylic oxidation sites excluding steroid dienone is 4. The van der Waals surface area contributed by atoms with Gasteiger partial charge in [-0.1, -0.05) is 39.8 Å². The summed E-state index contributed by atoms with van der Waals surface area (Å²) < 4.78 is 38.4. The molecule has 2 amide bonds. The van der Waals surface area contributed by atoms with Crippen molar-refractivity contribution < 1.29 is 32.0 Å². The molecular formula is C55H75ClN10O7S. The number of halogens is 1. The zero-order valence-corrected chi connectivity index (χ0v) is 46.9. The molecule has 5 N–H and O–H groups in total. The summed E-state index contributed by atoms with van der Waals surface area (Å²) in [7, 11) is -3.67. The molecule has 400 valence electrons. The van der Waals surface area contributed by atoms with Gasteiger partial charge in [-0.05, 0) is 166 Å². The lowest BCUT2D eigenvalue weighted by Gasteiger charge is -2.45. The third-order valence-corrected chi connectivity index (χ3v) is 13.6. The van der Waals surface area contributed by atoms with Crippen molar-refractivity contribution in [2.75, 3.05) is 16.9 Å². The van der Waals surface area contributed by atoms with Crippen LogP contribution < -0.4 is 10.6 Å². The molecule has 17 nitrogen and oxygen atoms in total. The van der Waals surface area contributed by atoms with Crippen molar-refractivity contribution in [3.8, 4) is 12.1 Å². The molecule has 4 aromatic rings. The minimum absolute atomic E-state index is 0. The van der Waals surface area contributed by atoms with Crippen LogP contribution in [0, 0.1) is 33.5 Å². The number of nitrogens with zero attached hydrogens (tertiary/aromatic N) is 6. The van der Waals surface area contributed by atoms with E-state index in [0.29, 0.717) is 17.6 Å². The number of aromatic nitrogens is 6. The Morgan fingerprint density at radius 2 is 0.946 bits per heavy atom. The Kier molecular flexibility index (Phi) is 18.1. The second-order valence-corrected chi connectivity index (χ2v) is 25.5. The lowest BCUT2D eigenvalue weighted by atomic mass is 9.77. The number of H-pyrrole nitrogens is 2. The van der Waals surface area contributed by atoms with Gasteiger partial charge in [0, 0.05) is 35.6 Å². The fourth-order valence-corrected chi connectivity index (χ4v) is 10.6. The molecule has 6 heterocycles. The molecule has 0 aromatic carbocycles. The van der Waals surface area contributed by atoms with Gasteiger partial charge in [-0.3, -0.25) is 24.1 Å². The number of ether oxygens (including phenoxy) is 2. The van der Waals surface area contributed by atoms with Crippen LogP contribution in [0.1, 0.15) is 215 Å². The molecule has 0 radical (unpaired) electrons. The molecule has 4 aliphatic rings. The summed E-state index contributed by atoms with van der Waals surface area (Å²) in [6.45, 7) is 26.2. The normalized spacial score (nSPS) is 20.4. The number of rotatable bonds is 8. The van der Waals surface area contributed by atoms with E-state index >= 15 is 0 Å². The van der Waals surface area contributed by atoms with Gasteiger partial charge in [0.2, 0.25) is 0 Å². The van der Waals surface area contributed by atoms with Crippen LogP contribution in [-0.2, 0) is 19.6 Å². The summed E-state index contributed by atoms with van der Waals surface area (Å²) in [6.07, 6.45) is 17.6. The average molecular weight is 1060 g/mol. The third kappa shape index (κ3) is 16.6. The van der Waals surface area contributed by atoms with Crippen LogP contribution in [0.4, 0.5) is 11.4 Å². The van der Waals surface area contributed by atoms with Gasteiger partial charge in [-0.15, -0.1) is 12.4 Å². The molecule has 0 atom stereocenters. The third-order valence-electron chi connectivity index (χ3n) is 13.6. The Hall–Kier alpha value is -5.76. The van der Waals surface area contributed by atoms with Crippen molar-refractivity contribution in [3.63, 3.8) is 0 Å². The lowest BCUT2D eigenvalue weighted by molar-refractivity contribution is -0.162. The van der Waals surface area contributed by atoms with Gasteiger partial charge < -0.3 is 30.1 Å². The Morgan fingerprint density at radius 1 is 0.622 bits per heavy atom. The number of carbonyl (C=O) groups excluding carboxylic acids is 2. The summed E-state index contributed by atoms with van der Waals surface area (Å²) >= 11 is 0. The monoisotopic (exact) mass is 1050 g/mol. The predicted molar refractivity (Wildman–Crippen MR) is 289 cm³/mol. The van der Waals surface area contributed by atoms with Crippen LogP contribution >= 0.6 is 12.4 Å². The van der Waals surface area contributed by atoms with Gasteiger partial charge in [0.25, 0.3) is 21.9 Å². The molecule has 4 aromatic heterocycles. The minimum Gasteiger partial charge on any atom is -0.370 e. The molecule has 2 aliphatic heterocycles. The van der Waals surface area contributed by atoms with E-state index in [1.165, 1.54) is 23.5 Å². The number of pyridine rings is 2. The molecule has 0 unspecified atom stereocenters. The predicted octanol–water partition coefficient (Wildman–Crippen LogP) is 11.9. The Bertz CT molecular complexity index is 2750. The van der Waals surface area contributed by atoms with Gasteiger partial charge in [0.05, 0.1) is 51.4 Å². The molecule has 2 fully saturated rings. The molecular weight excluding hydrogens is 980 g/mol. The van der Waals surface area contributed by atoms with Crippen molar-refractivity contribution >= 4 is 56.9 Å². The van der Waals surface area contributed by atoms with Crippen molar-refractivity contribution in [1.82, 2.24) is 29.9 Å². The molecule has 19 heteroatoms. The fourth-order valence-electron chi connectivity index (χ4n) is 10.6. The number of imidazole rings is 2. The van der Waals surface area contributed by atoms with E-state index in [0.717, 1.165) is 87.0 Å². The van der Waals surface area contributed by atoms with Gasteiger partial charge in [-0.2, -0.15) is 18.9 Å². The number of carbonyl (C=O) groups is 2. The van der Waals surface area contributed by atoms with E-state index in [-0.39, 0.29) is 92.3 Å². The highest BCUT2D eigenvalue weighted by molar-refractivity contribution is 7.85. The Labute approximate surface area is 443 Å². The summed E-state index contributed by atoms with van der Waals surface area (Å²) in [4.78, 5) is 49.6. The van der Waals surface area contributed by atoms with Gasteiger partial charge >= 0.3 is 0 Å². The topological polar surface area (TPSA) is 262 Å². The summed E-state index contributed by atoms with van der Waals surface area (Å²) in [5, 5.41) is 24.0. The molecule has 8 rings (SSSR count). The van der Waals surface area contributed by atoms with Crippen LogP contribution in [0.2, 0.25) is 0 Å². The van der Waals surface area contributed by atoms with Gasteiger partial charge in [-0.25, -0.2) is 9.97 Å². The zero-order chi connectivity index (χ0) is 54.0. The minimum atomic E-state index is -3.67. The smallest absolute Gasteiger partial charge is 0.291 e. The first-order chi connectivity index (χ1) is 33.7. The van der Waals surface area contributed by atoms with Crippen LogP contribution in [0.25, 0.3) is 11.1 Å². The highest BCUT2D eigenvalue weighted by Gasteiger charge is 2.42. The van der Waals surface area contributed by atoms with Crippen molar-refractivity contribution in [1.29, 1.82) is 10.5 Å². The number of hydrogen-bond donors (Lipinski definition) is 5. The van der Waals surface area contributed by atoms with Gasteiger partial charge in [0.1, 0.15) is 12.1 Å². The molecule has 2 saturated heterocycles. The van der Waals surface area contributed by atoms with Crippen LogP contribution in [0.5, 0.6) is 0 Å². The van der Waals surface area contributed by atoms with Crippen molar-refractivity contribution in [3.05, 3.63) is 94.6 Å². The van der Waals surface area contributed by atoms with Crippen molar-refractivity contribution in [2.45, 2.75) is 182 Å². The highest BCUT2D eigenvalue weighted by Crippen LogP contribution is 2.47. The van der Waals surface area contributed by atoms with E-state index in [2.05, 4.69) is 126 Å². The van der Waals surface area contributed by atoms with Crippen LogP contribution in [0.3, 0.4) is 0 Å². The van der Waals surface area contributed by atoms with Gasteiger partial charge in [0.15, 0.2) is 23.0 Å². The Morgan fingerprint density at radius 3 is 1.22 bits per heavy atom. The second-order valence-electron chi connectivity index (χ2n) is 24.0. The van der Waals surface area contributed by atoms with E-state index in [1.807, 2.05) is 36.4 Å². The first-order valence-corrected chi connectivity index (χ1v) is 26.8. The molecule has 74 heavy (non-hydrogen) atoms. The molecule has 0 saturated carbocycles. The first kappa shape index (κ1) is 59.1. The Balaban J connectivity index is 0.000000248. The van der Waals surface area contributed by atoms with E-state index in [1.54, 1.807) is 0 Å². The standard InChI is InChI=1S/2C27H35N5O2.CH4O3S.ClH/c2*1-25(2)11-9-17(10-12-25)22-21(32-24(33)23-29-16-19(15-28)30-23)8-7-20(31-22)18-13-26(3,4)34-27(5,6)14-18;1-5(2,3)4;/h2*7-9,16,18H,10-14H2,1-6H3,(H,29,30)(H,32,33);1H3,(H,2,3,4);1H. The maximum absolute atomic E-state index is 12.9. The number of nitrogens with one attached hydrogen (secondary N) is 4. The number of aromatic amines is 2. The summed E-state index contributed by atoms with van der Waals surface area (Å²) in [6, 6.07) is 11.8.